The van der Waals surface area contributed by atoms with Crippen molar-refractivity contribution >= 4 is 32.8 Å². The Balaban J connectivity index is 1.85. The number of hydrogen-bond donors (Lipinski definition) is 2. The third kappa shape index (κ3) is 2.96. The number of aromatic nitrogens is 3. The summed E-state index contributed by atoms with van der Waals surface area (Å²) in [6.07, 6.45) is 1.94. The van der Waals surface area contributed by atoms with Gasteiger partial charge in [0.05, 0.1) is 18.5 Å². The highest BCUT2D eigenvalue weighted by molar-refractivity contribution is 9.10. The number of H-pyrrole nitrogens is 1. The van der Waals surface area contributed by atoms with E-state index in [1.165, 1.54) is 0 Å². The van der Waals surface area contributed by atoms with Crippen molar-refractivity contribution in [1.29, 1.82) is 0 Å². The van der Waals surface area contributed by atoms with Crippen molar-refractivity contribution in [2.45, 2.75) is 0 Å². The van der Waals surface area contributed by atoms with Crippen LogP contribution in [0.1, 0.15) is 0 Å². The van der Waals surface area contributed by atoms with Crippen LogP contribution in [0.4, 0.5) is 5.95 Å². The molecule has 0 bridgehead atoms. The SMILES string of the molecule is COc1ccc(-c2cc(-c3c[nH]c4ccc(Br)cc34)nc(N)n2)cc1. The van der Waals surface area contributed by atoms with Crippen LogP contribution in [0, 0.1) is 0 Å². The molecule has 0 unspecified atom stereocenters. The molecule has 5 nitrogen and oxygen atoms in total. The molecule has 3 N–H and O–H groups in total. The molecule has 4 aromatic rings. The summed E-state index contributed by atoms with van der Waals surface area (Å²) in [5.74, 6) is 1.04. The number of methoxy groups -OCH3 is 1. The van der Waals surface area contributed by atoms with Gasteiger partial charge in [-0.2, -0.15) is 0 Å². The van der Waals surface area contributed by atoms with E-state index in [1.54, 1.807) is 7.11 Å². The lowest BCUT2D eigenvalue weighted by molar-refractivity contribution is 0.415. The Morgan fingerprint density at radius 3 is 2.52 bits per heavy atom. The number of nitrogens with zero attached hydrogens (tertiary/aromatic N) is 2. The Morgan fingerprint density at radius 1 is 1.00 bits per heavy atom. The first-order chi connectivity index (χ1) is 12.1. The summed E-state index contributed by atoms with van der Waals surface area (Å²) in [4.78, 5) is 12.1. The van der Waals surface area contributed by atoms with Crippen LogP contribution >= 0.6 is 15.9 Å². The molecule has 25 heavy (non-hydrogen) atoms. The van der Waals surface area contributed by atoms with E-state index in [-0.39, 0.29) is 5.95 Å². The second-order valence-electron chi connectivity index (χ2n) is 5.62. The zero-order chi connectivity index (χ0) is 17.4. The highest BCUT2D eigenvalue weighted by Crippen LogP contribution is 2.32. The Hall–Kier alpha value is -2.86. The Bertz CT molecular complexity index is 1060. The second kappa shape index (κ2) is 6.22. The third-order valence-electron chi connectivity index (χ3n) is 4.05. The van der Waals surface area contributed by atoms with Crippen molar-refractivity contribution in [2.75, 3.05) is 12.8 Å². The summed E-state index contributed by atoms with van der Waals surface area (Å²) in [5, 5.41) is 1.08. The van der Waals surface area contributed by atoms with Gasteiger partial charge in [-0.05, 0) is 48.5 Å². The molecule has 2 heterocycles. The molecule has 0 saturated carbocycles. The highest BCUT2D eigenvalue weighted by Gasteiger charge is 2.12. The van der Waals surface area contributed by atoms with Crippen molar-refractivity contribution in [3.05, 3.63) is 59.2 Å². The van der Waals surface area contributed by atoms with Crippen molar-refractivity contribution in [3.8, 4) is 28.3 Å². The monoisotopic (exact) mass is 394 g/mol. The van der Waals surface area contributed by atoms with E-state index in [2.05, 4.69) is 36.9 Å². The van der Waals surface area contributed by atoms with Gasteiger partial charge in [0, 0.05) is 32.7 Å². The van der Waals surface area contributed by atoms with Crippen molar-refractivity contribution in [3.63, 3.8) is 0 Å². The number of anilines is 1. The van der Waals surface area contributed by atoms with Crippen LogP contribution in [0.5, 0.6) is 5.75 Å². The summed E-state index contributed by atoms with van der Waals surface area (Å²) < 4.78 is 6.22. The van der Waals surface area contributed by atoms with Crippen LogP contribution in [0.15, 0.2) is 59.2 Å². The summed E-state index contributed by atoms with van der Waals surface area (Å²) in [5.41, 5.74) is 10.5. The quantitative estimate of drug-likeness (QED) is 0.530. The van der Waals surface area contributed by atoms with E-state index >= 15 is 0 Å². The average Bonchev–Trinajstić information content (AvgIpc) is 3.04. The minimum absolute atomic E-state index is 0.243. The third-order valence-corrected chi connectivity index (χ3v) is 4.54. The summed E-state index contributed by atoms with van der Waals surface area (Å²) in [6, 6.07) is 15.7. The fourth-order valence-electron chi connectivity index (χ4n) is 2.82. The first kappa shape index (κ1) is 15.7. The van der Waals surface area contributed by atoms with Gasteiger partial charge in [-0.3, -0.25) is 0 Å². The summed E-state index contributed by atoms with van der Waals surface area (Å²) in [6.45, 7) is 0. The molecule has 124 valence electrons. The van der Waals surface area contributed by atoms with Gasteiger partial charge in [0.15, 0.2) is 0 Å². The van der Waals surface area contributed by atoms with Crippen LogP contribution in [-0.4, -0.2) is 22.1 Å². The number of benzene rings is 2. The molecule has 4 rings (SSSR count). The Labute approximate surface area is 153 Å². The van der Waals surface area contributed by atoms with Gasteiger partial charge < -0.3 is 15.5 Å². The highest BCUT2D eigenvalue weighted by atomic mass is 79.9. The lowest BCUT2D eigenvalue weighted by atomic mass is 10.1. The number of fused-ring (bicyclic) bond motifs is 1. The minimum atomic E-state index is 0.243. The Morgan fingerprint density at radius 2 is 1.76 bits per heavy atom. The predicted octanol–water partition coefficient (Wildman–Crippen LogP) is 4.65. The normalized spacial score (nSPS) is 11.0. The molecule has 0 fully saturated rings. The standard InChI is InChI=1S/C19H15BrN4O/c1-25-13-5-2-11(3-6-13)17-9-18(24-19(21)23-17)15-10-22-16-7-4-12(20)8-14(15)16/h2-10,22H,1H3,(H2,21,23,24). The van der Waals surface area contributed by atoms with Gasteiger partial charge in [-0.15, -0.1) is 0 Å². The molecule has 0 aliphatic carbocycles. The first-order valence-electron chi connectivity index (χ1n) is 7.70. The van der Waals surface area contributed by atoms with Gasteiger partial charge in [0.25, 0.3) is 0 Å². The van der Waals surface area contributed by atoms with Crippen LogP contribution in [0.25, 0.3) is 33.4 Å². The molecular weight excluding hydrogens is 380 g/mol. The van der Waals surface area contributed by atoms with E-state index in [0.717, 1.165) is 43.6 Å². The molecule has 2 aromatic carbocycles. The van der Waals surface area contributed by atoms with Gasteiger partial charge in [-0.25, -0.2) is 9.97 Å². The minimum Gasteiger partial charge on any atom is -0.497 e. The first-order valence-corrected chi connectivity index (χ1v) is 8.49. The van der Waals surface area contributed by atoms with Gasteiger partial charge in [0.1, 0.15) is 5.75 Å². The number of hydrogen-bond acceptors (Lipinski definition) is 4. The summed E-state index contributed by atoms with van der Waals surface area (Å²) in [7, 11) is 1.64. The summed E-state index contributed by atoms with van der Waals surface area (Å²) >= 11 is 3.52. The molecule has 0 spiro atoms. The molecule has 0 aliphatic rings. The largest absolute Gasteiger partial charge is 0.497 e. The topological polar surface area (TPSA) is 76.8 Å². The number of nitrogens with two attached hydrogens (primary N) is 1. The predicted molar refractivity (Wildman–Crippen MR) is 103 cm³/mol. The smallest absolute Gasteiger partial charge is 0.221 e. The molecule has 0 atom stereocenters. The maximum absolute atomic E-state index is 5.97. The average molecular weight is 395 g/mol. The fourth-order valence-corrected chi connectivity index (χ4v) is 3.18. The number of nitrogen functional groups attached to an aromatic ring is 1. The van der Waals surface area contributed by atoms with E-state index in [9.17, 15) is 0 Å². The van der Waals surface area contributed by atoms with Gasteiger partial charge in [0.2, 0.25) is 5.95 Å². The van der Waals surface area contributed by atoms with Gasteiger partial charge in [-0.1, -0.05) is 15.9 Å². The maximum Gasteiger partial charge on any atom is 0.221 e. The molecule has 0 radical (unpaired) electrons. The van der Waals surface area contributed by atoms with Crippen LogP contribution in [-0.2, 0) is 0 Å². The number of nitrogens with one attached hydrogen (secondary N) is 1. The van der Waals surface area contributed by atoms with E-state index in [4.69, 9.17) is 10.5 Å². The lowest BCUT2D eigenvalue weighted by Gasteiger charge is -2.07. The second-order valence-corrected chi connectivity index (χ2v) is 6.53. The Kier molecular flexibility index (Phi) is 3.89. The van der Waals surface area contributed by atoms with E-state index in [1.807, 2.05) is 48.7 Å². The molecule has 0 saturated heterocycles. The van der Waals surface area contributed by atoms with E-state index < -0.39 is 0 Å². The van der Waals surface area contributed by atoms with Gasteiger partial charge >= 0.3 is 0 Å². The number of ether oxygens (including phenoxy) is 1. The van der Waals surface area contributed by atoms with Crippen molar-refractivity contribution < 1.29 is 4.74 Å². The molecule has 0 aliphatic heterocycles. The maximum atomic E-state index is 5.97. The fraction of sp³-hybridized carbons (Fsp3) is 0.0526. The molecule has 2 aromatic heterocycles. The van der Waals surface area contributed by atoms with E-state index in [0.29, 0.717) is 0 Å². The molecule has 0 amide bonds. The van der Waals surface area contributed by atoms with Crippen LogP contribution in [0.3, 0.4) is 0 Å². The van der Waals surface area contributed by atoms with Crippen LogP contribution in [0.2, 0.25) is 0 Å². The zero-order valence-corrected chi connectivity index (χ0v) is 15.0. The van der Waals surface area contributed by atoms with Crippen molar-refractivity contribution in [1.82, 2.24) is 15.0 Å². The number of aromatic amines is 1. The molecular formula is C19H15BrN4O. The van der Waals surface area contributed by atoms with Crippen LogP contribution < -0.4 is 10.5 Å². The number of rotatable bonds is 3. The number of halogens is 1. The zero-order valence-electron chi connectivity index (χ0n) is 13.5. The van der Waals surface area contributed by atoms with Crippen molar-refractivity contribution in [2.24, 2.45) is 0 Å². The lowest BCUT2D eigenvalue weighted by Crippen LogP contribution is -1.98. The molecule has 6 heteroatoms.